The van der Waals surface area contributed by atoms with E-state index in [-0.39, 0.29) is 11.2 Å². The van der Waals surface area contributed by atoms with Crippen LogP contribution < -0.4 is 5.32 Å². The van der Waals surface area contributed by atoms with Crippen LogP contribution in [0.1, 0.15) is 25.6 Å². The maximum absolute atomic E-state index is 9.47. The number of benzene rings is 1. The number of hydrogen-bond donors (Lipinski definition) is 3. The van der Waals surface area contributed by atoms with Gasteiger partial charge in [0.05, 0.1) is 11.0 Å². The van der Waals surface area contributed by atoms with Crippen LogP contribution >= 0.6 is 0 Å². The summed E-state index contributed by atoms with van der Waals surface area (Å²) in [7, 11) is 0. The fourth-order valence-electron chi connectivity index (χ4n) is 2.66. The van der Waals surface area contributed by atoms with E-state index in [4.69, 9.17) is 0 Å². The molecule has 1 aliphatic rings. The molecule has 1 fully saturated rings. The van der Waals surface area contributed by atoms with Gasteiger partial charge in [0, 0.05) is 18.0 Å². The van der Waals surface area contributed by atoms with Gasteiger partial charge in [0.1, 0.15) is 11.6 Å². The van der Waals surface area contributed by atoms with Gasteiger partial charge < -0.3 is 15.4 Å². The summed E-state index contributed by atoms with van der Waals surface area (Å²) in [5.41, 5.74) is 1.98. The molecule has 1 aromatic carbocycles. The molecule has 0 bridgehead atoms. The zero-order chi connectivity index (χ0) is 11.9. The molecule has 3 rings (SSSR count). The molecule has 1 atom stereocenters. The molecule has 1 unspecified atom stereocenters. The number of aromatic amines is 1. The van der Waals surface area contributed by atoms with Gasteiger partial charge in [0.2, 0.25) is 0 Å². The summed E-state index contributed by atoms with van der Waals surface area (Å²) >= 11 is 0. The van der Waals surface area contributed by atoms with E-state index in [0.29, 0.717) is 0 Å². The van der Waals surface area contributed by atoms with E-state index >= 15 is 0 Å². The number of nitrogens with one attached hydrogen (secondary N) is 2. The average Bonchev–Trinajstić information content (AvgIpc) is 2.94. The van der Waals surface area contributed by atoms with Crippen molar-refractivity contribution in [3.8, 4) is 5.75 Å². The number of aromatic hydroxyl groups is 1. The third-order valence-electron chi connectivity index (χ3n) is 3.89. The predicted octanol–water partition coefficient (Wildman–Crippen LogP) is 1.91. The zero-order valence-corrected chi connectivity index (χ0v) is 9.95. The van der Waals surface area contributed by atoms with E-state index in [0.717, 1.165) is 42.8 Å². The number of imidazole rings is 1. The normalized spacial score (nSPS) is 24.5. The third-order valence-corrected chi connectivity index (χ3v) is 3.89. The Morgan fingerprint density at radius 3 is 3.06 bits per heavy atom. The van der Waals surface area contributed by atoms with E-state index in [1.165, 1.54) is 0 Å². The Labute approximate surface area is 100 Å². The summed E-state index contributed by atoms with van der Waals surface area (Å²) in [6.07, 6.45) is 2.20. The van der Waals surface area contributed by atoms with Gasteiger partial charge in [-0.3, -0.25) is 0 Å². The summed E-state index contributed by atoms with van der Waals surface area (Å²) in [6, 6.07) is 5.27. The van der Waals surface area contributed by atoms with Gasteiger partial charge in [-0.25, -0.2) is 4.98 Å². The van der Waals surface area contributed by atoms with Crippen LogP contribution in [0, 0.1) is 0 Å². The monoisotopic (exact) mass is 231 g/mol. The first-order chi connectivity index (χ1) is 8.23. The van der Waals surface area contributed by atoms with Crippen molar-refractivity contribution in [2.45, 2.75) is 25.2 Å². The lowest BCUT2D eigenvalue weighted by Gasteiger charge is -2.23. The number of aromatic nitrogens is 2. The molecule has 2 heterocycles. The number of phenolic OH excluding ortho intramolecular Hbond substituents is 1. The maximum Gasteiger partial charge on any atom is 0.117 e. The number of nitrogens with zero attached hydrogens (tertiary/aromatic N) is 1. The van der Waals surface area contributed by atoms with Crippen LogP contribution in [0.3, 0.4) is 0 Å². The largest absolute Gasteiger partial charge is 0.508 e. The summed E-state index contributed by atoms with van der Waals surface area (Å²) < 4.78 is 0. The van der Waals surface area contributed by atoms with Gasteiger partial charge in [0.15, 0.2) is 0 Å². The molecule has 0 spiro atoms. The first kappa shape index (κ1) is 10.6. The van der Waals surface area contributed by atoms with Crippen molar-refractivity contribution < 1.29 is 5.11 Å². The van der Waals surface area contributed by atoms with Crippen molar-refractivity contribution in [2.75, 3.05) is 13.1 Å². The van der Waals surface area contributed by atoms with E-state index in [1.54, 1.807) is 12.1 Å². The van der Waals surface area contributed by atoms with Crippen molar-refractivity contribution >= 4 is 11.0 Å². The molecular formula is C13H17N3O. The molecule has 0 radical (unpaired) electrons. The Balaban J connectivity index is 2.11. The molecular weight excluding hydrogens is 214 g/mol. The van der Waals surface area contributed by atoms with Crippen LogP contribution in [0.2, 0.25) is 0 Å². The van der Waals surface area contributed by atoms with Crippen LogP contribution in [0.15, 0.2) is 18.2 Å². The van der Waals surface area contributed by atoms with Crippen molar-refractivity contribution in [3.05, 3.63) is 24.0 Å². The second kappa shape index (κ2) is 3.74. The second-order valence-electron chi connectivity index (χ2n) is 4.85. The van der Waals surface area contributed by atoms with Gasteiger partial charge >= 0.3 is 0 Å². The lowest BCUT2D eigenvalue weighted by atomic mass is 9.83. The lowest BCUT2D eigenvalue weighted by molar-refractivity contribution is 0.430. The Morgan fingerprint density at radius 2 is 2.35 bits per heavy atom. The molecule has 4 nitrogen and oxygen atoms in total. The number of rotatable bonds is 2. The fraction of sp³-hybridized carbons (Fsp3) is 0.462. The second-order valence-corrected chi connectivity index (χ2v) is 4.85. The molecule has 90 valence electrons. The highest BCUT2D eigenvalue weighted by atomic mass is 16.3. The van der Waals surface area contributed by atoms with Crippen molar-refractivity contribution in [1.29, 1.82) is 0 Å². The first-order valence-corrected chi connectivity index (χ1v) is 6.13. The summed E-state index contributed by atoms with van der Waals surface area (Å²) in [5, 5.41) is 12.9. The van der Waals surface area contributed by atoms with Crippen LogP contribution in [-0.4, -0.2) is 28.2 Å². The van der Waals surface area contributed by atoms with Gasteiger partial charge in [-0.15, -0.1) is 0 Å². The number of fused-ring (bicyclic) bond motifs is 1. The molecule has 0 saturated carbocycles. The van der Waals surface area contributed by atoms with Crippen molar-refractivity contribution in [2.24, 2.45) is 0 Å². The van der Waals surface area contributed by atoms with Crippen LogP contribution in [0.25, 0.3) is 11.0 Å². The van der Waals surface area contributed by atoms with Gasteiger partial charge in [-0.1, -0.05) is 6.92 Å². The van der Waals surface area contributed by atoms with Crippen molar-refractivity contribution in [1.82, 2.24) is 15.3 Å². The minimum Gasteiger partial charge on any atom is -0.508 e. The van der Waals surface area contributed by atoms with Gasteiger partial charge in [-0.05, 0) is 31.5 Å². The van der Waals surface area contributed by atoms with E-state index in [9.17, 15) is 5.11 Å². The fourth-order valence-corrected chi connectivity index (χ4v) is 2.66. The quantitative estimate of drug-likeness (QED) is 0.740. The smallest absolute Gasteiger partial charge is 0.117 e. The highest BCUT2D eigenvalue weighted by Crippen LogP contribution is 2.33. The minimum atomic E-state index is 0.134. The maximum atomic E-state index is 9.47. The molecule has 0 amide bonds. The van der Waals surface area contributed by atoms with Crippen LogP contribution in [0.4, 0.5) is 0 Å². The Morgan fingerprint density at radius 1 is 1.47 bits per heavy atom. The van der Waals surface area contributed by atoms with Gasteiger partial charge in [-0.2, -0.15) is 0 Å². The molecule has 1 aliphatic heterocycles. The summed E-state index contributed by atoms with van der Waals surface area (Å²) in [6.45, 7) is 4.24. The number of H-pyrrole nitrogens is 1. The highest BCUT2D eigenvalue weighted by Gasteiger charge is 2.36. The molecule has 4 heteroatoms. The Kier molecular flexibility index (Phi) is 2.33. The van der Waals surface area contributed by atoms with Crippen LogP contribution in [-0.2, 0) is 5.41 Å². The first-order valence-electron chi connectivity index (χ1n) is 6.13. The molecule has 2 aromatic rings. The SMILES string of the molecule is CCC1(c2nc3ccc(O)cc3[nH]2)CCNC1. The van der Waals surface area contributed by atoms with E-state index < -0.39 is 0 Å². The van der Waals surface area contributed by atoms with E-state index in [2.05, 4.69) is 22.2 Å². The zero-order valence-electron chi connectivity index (χ0n) is 9.95. The Bertz CT molecular complexity index is 541. The molecule has 3 N–H and O–H groups in total. The average molecular weight is 231 g/mol. The standard InChI is InChI=1S/C13H17N3O/c1-2-13(5-6-14-8-13)12-15-10-4-3-9(17)7-11(10)16-12/h3-4,7,14,17H,2,5-6,8H2,1H3,(H,15,16). The van der Waals surface area contributed by atoms with Crippen LogP contribution in [0.5, 0.6) is 5.75 Å². The molecule has 1 aromatic heterocycles. The third kappa shape index (κ3) is 1.60. The van der Waals surface area contributed by atoms with E-state index in [1.807, 2.05) is 6.07 Å². The minimum absolute atomic E-state index is 0.134. The highest BCUT2D eigenvalue weighted by molar-refractivity contribution is 5.76. The number of phenols is 1. The van der Waals surface area contributed by atoms with Crippen molar-refractivity contribution in [3.63, 3.8) is 0 Å². The number of hydrogen-bond acceptors (Lipinski definition) is 3. The summed E-state index contributed by atoms with van der Waals surface area (Å²) in [4.78, 5) is 8.03. The molecule has 0 aliphatic carbocycles. The van der Waals surface area contributed by atoms with Gasteiger partial charge in [0.25, 0.3) is 0 Å². The topological polar surface area (TPSA) is 60.9 Å². The Hall–Kier alpha value is -1.55. The lowest BCUT2D eigenvalue weighted by Crippen LogP contribution is -2.29. The molecule has 1 saturated heterocycles. The molecule has 17 heavy (non-hydrogen) atoms. The summed E-state index contributed by atoms with van der Waals surface area (Å²) in [5.74, 6) is 1.33. The predicted molar refractivity (Wildman–Crippen MR) is 67.2 cm³/mol.